The second-order valence-corrected chi connectivity index (χ2v) is 10.4. The number of nitrogens with zero attached hydrogens (tertiary/aromatic N) is 4. The highest BCUT2D eigenvalue weighted by Gasteiger charge is 2.25. The molecule has 10 heteroatoms. The summed E-state index contributed by atoms with van der Waals surface area (Å²) < 4.78 is 12.5. The zero-order valence-electron chi connectivity index (χ0n) is 22.9. The van der Waals surface area contributed by atoms with E-state index in [1.807, 2.05) is 59.7 Å². The fourth-order valence-corrected chi connectivity index (χ4v) is 5.61. The van der Waals surface area contributed by atoms with Crippen LogP contribution in [0.3, 0.4) is 0 Å². The Kier molecular flexibility index (Phi) is 8.06. The van der Waals surface area contributed by atoms with Crippen molar-refractivity contribution < 1.29 is 19.1 Å². The lowest BCUT2D eigenvalue weighted by atomic mass is 10.1. The lowest BCUT2D eigenvalue weighted by Crippen LogP contribution is -2.30. The van der Waals surface area contributed by atoms with E-state index in [1.54, 1.807) is 25.3 Å². The summed E-state index contributed by atoms with van der Waals surface area (Å²) in [6.45, 7) is 4.90. The maximum atomic E-state index is 13.2. The van der Waals surface area contributed by atoms with Crippen LogP contribution >= 0.6 is 11.8 Å². The molecule has 2 amide bonds. The van der Waals surface area contributed by atoms with Gasteiger partial charge >= 0.3 is 0 Å². The molecule has 9 nitrogen and oxygen atoms in total. The van der Waals surface area contributed by atoms with Crippen LogP contribution in [-0.2, 0) is 17.8 Å². The normalized spacial score (nSPS) is 12.2. The van der Waals surface area contributed by atoms with Crippen molar-refractivity contribution >= 4 is 29.3 Å². The molecule has 0 saturated heterocycles. The molecule has 5 rings (SSSR count). The van der Waals surface area contributed by atoms with Gasteiger partial charge in [0.05, 0.1) is 32.2 Å². The number of anilines is 1. The molecule has 0 saturated carbocycles. The van der Waals surface area contributed by atoms with E-state index in [-0.39, 0.29) is 24.1 Å². The summed E-state index contributed by atoms with van der Waals surface area (Å²) in [7, 11) is 3.07. The average Bonchev–Trinajstić information content (AvgIpc) is 3.60. The molecule has 0 spiro atoms. The average molecular weight is 558 g/mol. The fourth-order valence-electron chi connectivity index (χ4n) is 4.77. The van der Waals surface area contributed by atoms with Crippen LogP contribution in [0, 0.1) is 13.8 Å². The number of fused-ring (bicyclic) bond motifs is 1. The van der Waals surface area contributed by atoms with Gasteiger partial charge in [-0.05, 0) is 67.3 Å². The Morgan fingerprint density at radius 2 is 1.73 bits per heavy atom. The number of methoxy groups -OCH3 is 2. The van der Waals surface area contributed by atoms with E-state index in [2.05, 4.69) is 21.6 Å². The van der Waals surface area contributed by atoms with Crippen molar-refractivity contribution in [2.24, 2.45) is 0 Å². The van der Waals surface area contributed by atoms with Crippen LogP contribution in [0.25, 0.3) is 5.69 Å². The number of carbonyl (C=O) groups excluding carboxylic acids is 2. The van der Waals surface area contributed by atoms with Crippen molar-refractivity contribution in [2.75, 3.05) is 31.4 Å². The van der Waals surface area contributed by atoms with E-state index in [0.29, 0.717) is 34.6 Å². The molecule has 0 fully saturated rings. The lowest BCUT2D eigenvalue weighted by Gasteiger charge is -2.18. The van der Waals surface area contributed by atoms with E-state index in [1.165, 1.54) is 24.4 Å². The predicted octanol–water partition coefficient (Wildman–Crippen LogP) is 4.51. The molecule has 0 atom stereocenters. The monoisotopic (exact) mass is 557 g/mol. The number of ether oxygens (including phenoxy) is 2. The first-order valence-electron chi connectivity index (χ1n) is 12.9. The zero-order valence-corrected chi connectivity index (χ0v) is 23.7. The van der Waals surface area contributed by atoms with E-state index in [4.69, 9.17) is 9.47 Å². The van der Waals surface area contributed by atoms with Crippen LogP contribution in [0.1, 0.15) is 32.9 Å². The molecule has 1 N–H and O–H groups in total. The number of benzene rings is 3. The minimum Gasteiger partial charge on any atom is -0.493 e. The van der Waals surface area contributed by atoms with Crippen molar-refractivity contribution in [1.82, 2.24) is 20.1 Å². The first kappa shape index (κ1) is 27.3. The van der Waals surface area contributed by atoms with Crippen LogP contribution in [-0.4, -0.2) is 53.1 Å². The third-order valence-corrected chi connectivity index (χ3v) is 8.00. The van der Waals surface area contributed by atoms with Crippen molar-refractivity contribution in [1.29, 1.82) is 0 Å². The van der Waals surface area contributed by atoms with Gasteiger partial charge in [-0.25, -0.2) is 0 Å². The van der Waals surface area contributed by atoms with E-state index in [9.17, 15) is 9.59 Å². The molecule has 0 radical (unpaired) electrons. The van der Waals surface area contributed by atoms with Gasteiger partial charge in [-0.15, -0.1) is 10.2 Å². The highest BCUT2D eigenvalue weighted by molar-refractivity contribution is 7.99. The summed E-state index contributed by atoms with van der Waals surface area (Å²) in [4.78, 5) is 28.0. The Morgan fingerprint density at radius 3 is 2.52 bits per heavy atom. The van der Waals surface area contributed by atoms with Crippen molar-refractivity contribution in [3.05, 3.63) is 88.7 Å². The Bertz CT molecular complexity index is 1570. The van der Waals surface area contributed by atoms with Gasteiger partial charge in [-0.3, -0.25) is 14.2 Å². The molecule has 40 heavy (non-hydrogen) atoms. The number of thioether (sulfide) groups is 1. The Hall–Kier alpha value is -4.31. The molecule has 2 heterocycles. The number of carbonyl (C=O) groups is 2. The molecular formula is C30H31N5O4S. The van der Waals surface area contributed by atoms with Crippen molar-refractivity contribution in [2.45, 2.75) is 32.0 Å². The highest BCUT2D eigenvalue weighted by atomic mass is 32.2. The Balaban J connectivity index is 1.37. The maximum Gasteiger partial charge on any atom is 0.251 e. The van der Waals surface area contributed by atoms with Gasteiger partial charge in [-0.1, -0.05) is 42.1 Å². The number of amides is 2. The van der Waals surface area contributed by atoms with Crippen LogP contribution in [0.4, 0.5) is 5.69 Å². The maximum absolute atomic E-state index is 13.2. The van der Waals surface area contributed by atoms with Gasteiger partial charge in [0.25, 0.3) is 5.91 Å². The molecule has 0 aliphatic carbocycles. The number of hydrogen-bond donors (Lipinski definition) is 1. The van der Waals surface area contributed by atoms with Gasteiger partial charge in [-0.2, -0.15) is 0 Å². The Labute approximate surface area is 237 Å². The lowest BCUT2D eigenvalue weighted by molar-refractivity contribution is -0.116. The van der Waals surface area contributed by atoms with E-state index >= 15 is 0 Å². The first-order valence-corrected chi connectivity index (χ1v) is 13.9. The number of rotatable bonds is 9. The number of nitrogens with one attached hydrogen (secondary N) is 1. The van der Waals surface area contributed by atoms with E-state index < -0.39 is 0 Å². The molecule has 206 valence electrons. The van der Waals surface area contributed by atoms with Gasteiger partial charge in [0, 0.05) is 17.8 Å². The minimum atomic E-state index is -0.284. The van der Waals surface area contributed by atoms with Crippen LogP contribution in [0.15, 0.2) is 65.8 Å². The number of para-hydroxylation sites is 1. The SMILES string of the molecule is COc1ccc(C(=O)NCc2nnc(SCC(=O)N3CCc4ccccc43)n2-c2cccc(C)c2C)cc1OC. The topological polar surface area (TPSA) is 98.6 Å². The van der Waals surface area contributed by atoms with Gasteiger partial charge in [0.15, 0.2) is 22.5 Å². The second-order valence-electron chi connectivity index (χ2n) is 9.42. The molecule has 3 aromatic carbocycles. The van der Waals surface area contributed by atoms with Gasteiger partial charge < -0.3 is 19.7 Å². The Morgan fingerprint density at radius 1 is 0.950 bits per heavy atom. The quantitative estimate of drug-likeness (QED) is 0.302. The number of aromatic nitrogens is 3. The summed E-state index contributed by atoms with van der Waals surface area (Å²) in [5.74, 6) is 1.53. The number of aryl methyl sites for hydroxylation is 1. The number of hydrogen-bond acceptors (Lipinski definition) is 7. The van der Waals surface area contributed by atoms with Gasteiger partial charge in [0.2, 0.25) is 5.91 Å². The highest BCUT2D eigenvalue weighted by Crippen LogP contribution is 2.31. The van der Waals surface area contributed by atoms with Crippen LogP contribution < -0.4 is 19.7 Å². The molecular weight excluding hydrogens is 526 g/mol. The summed E-state index contributed by atoms with van der Waals surface area (Å²) in [5.41, 5.74) is 5.68. The molecule has 1 aliphatic heterocycles. The summed E-state index contributed by atoms with van der Waals surface area (Å²) in [6.07, 6.45) is 0.856. The fraction of sp³-hybridized carbons (Fsp3) is 0.267. The molecule has 0 unspecified atom stereocenters. The second kappa shape index (κ2) is 11.8. The third kappa shape index (κ3) is 5.40. The standard InChI is InChI=1S/C30H31N5O4S/c1-19-8-7-11-23(20(19)2)35-27(17-31-29(37)22-12-13-25(38-3)26(16-22)39-4)32-33-30(35)40-18-28(36)34-15-14-21-9-5-6-10-24(21)34/h5-13,16H,14-15,17-18H2,1-4H3,(H,31,37). The van der Waals surface area contributed by atoms with Crippen LogP contribution in [0.5, 0.6) is 11.5 Å². The molecule has 0 bridgehead atoms. The van der Waals surface area contributed by atoms with Gasteiger partial charge in [0.1, 0.15) is 0 Å². The molecule has 4 aromatic rings. The largest absolute Gasteiger partial charge is 0.493 e. The molecule has 1 aliphatic rings. The summed E-state index contributed by atoms with van der Waals surface area (Å²) in [5, 5.41) is 12.4. The minimum absolute atomic E-state index is 0.0220. The van der Waals surface area contributed by atoms with Crippen LogP contribution in [0.2, 0.25) is 0 Å². The molecule has 1 aromatic heterocycles. The zero-order chi connectivity index (χ0) is 28.2. The third-order valence-electron chi connectivity index (χ3n) is 7.08. The van der Waals surface area contributed by atoms with Crippen molar-refractivity contribution in [3.63, 3.8) is 0 Å². The van der Waals surface area contributed by atoms with E-state index in [0.717, 1.165) is 28.9 Å². The predicted molar refractivity (Wildman–Crippen MR) is 155 cm³/mol. The summed E-state index contributed by atoms with van der Waals surface area (Å²) >= 11 is 1.34. The first-order chi connectivity index (χ1) is 19.4. The smallest absolute Gasteiger partial charge is 0.251 e. The van der Waals surface area contributed by atoms with Crippen molar-refractivity contribution in [3.8, 4) is 17.2 Å². The summed E-state index contributed by atoms with van der Waals surface area (Å²) in [6, 6.07) is 19.0.